The predicted octanol–water partition coefficient (Wildman–Crippen LogP) is 3.72. The van der Waals surface area contributed by atoms with Crippen LogP contribution in [-0.2, 0) is 17.7 Å². The zero-order chi connectivity index (χ0) is 19.8. The van der Waals surface area contributed by atoms with Crippen LogP contribution < -0.4 is 15.4 Å². The van der Waals surface area contributed by atoms with E-state index in [2.05, 4.69) is 40.7 Å². The molecule has 0 aromatic heterocycles. The Labute approximate surface area is 172 Å². The zero-order valence-electron chi connectivity index (χ0n) is 16.5. The van der Waals surface area contributed by atoms with Gasteiger partial charge in [0, 0.05) is 37.1 Å². The van der Waals surface area contributed by atoms with Gasteiger partial charge < -0.3 is 20.1 Å². The van der Waals surface area contributed by atoms with Gasteiger partial charge in [-0.3, -0.25) is 4.99 Å². The summed E-state index contributed by atoms with van der Waals surface area (Å²) in [6.45, 7) is 4.94. The monoisotopic (exact) mass is 401 g/mol. The van der Waals surface area contributed by atoms with Gasteiger partial charge in [0.05, 0.1) is 13.2 Å². The smallest absolute Gasteiger partial charge is 0.191 e. The van der Waals surface area contributed by atoms with Crippen molar-refractivity contribution in [2.24, 2.45) is 4.99 Å². The van der Waals surface area contributed by atoms with Gasteiger partial charge in [-0.25, -0.2) is 0 Å². The number of nitrogens with zero attached hydrogens (tertiary/aromatic N) is 1. The molecular weight excluding hydrogens is 374 g/mol. The molecule has 2 aromatic rings. The van der Waals surface area contributed by atoms with Crippen molar-refractivity contribution in [1.29, 1.82) is 0 Å². The van der Waals surface area contributed by atoms with Gasteiger partial charge in [0.15, 0.2) is 5.96 Å². The second-order valence-corrected chi connectivity index (χ2v) is 7.38. The number of rotatable bonds is 7. The van der Waals surface area contributed by atoms with Crippen molar-refractivity contribution in [2.45, 2.75) is 32.4 Å². The van der Waals surface area contributed by atoms with E-state index >= 15 is 0 Å². The van der Waals surface area contributed by atoms with Crippen LogP contribution in [0.4, 0.5) is 0 Å². The van der Waals surface area contributed by atoms with Crippen molar-refractivity contribution in [1.82, 2.24) is 10.6 Å². The first-order valence-electron chi connectivity index (χ1n) is 9.67. The summed E-state index contributed by atoms with van der Waals surface area (Å²) in [6.07, 6.45) is 1.98. The molecule has 1 heterocycles. The van der Waals surface area contributed by atoms with Gasteiger partial charge in [-0.15, -0.1) is 0 Å². The SMILES string of the molecule is CN=C(NCCc1ccc(Cl)cc1)NCc1ccc(C)cc1OC1CCOC1. The fourth-order valence-corrected chi connectivity index (χ4v) is 3.20. The van der Waals surface area contributed by atoms with Crippen LogP contribution in [0.3, 0.4) is 0 Å². The van der Waals surface area contributed by atoms with Crippen LogP contribution >= 0.6 is 11.6 Å². The first-order valence-corrected chi connectivity index (χ1v) is 10.0. The van der Waals surface area contributed by atoms with Gasteiger partial charge in [-0.1, -0.05) is 35.9 Å². The van der Waals surface area contributed by atoms with Crippen molar-refractivity contribution < 1.29 is 9.47 Å². The topological polar surface area (TPSA) is 54.9 Å². The molecule has 0 bridgehead atoms. The van der Waals surface area contributed by atoms with E-state index < -0.39 is 0 Å². The summed E-state index contributed by atoms with van der Waals surface area (Å²) >= 11 is 5.93. The minimum atomic E-state index is 0.136. The van der Waals surface area contributed by atoms with Gasteiger partial charge >= 0.3 is 0 Å². The van der Waals surface area contributed by atoms with Crippen LogP contribution in [0.2, 0.25) is 5.02 Å². The third-order valence-electron chi connectivity index (χ3n) is 4.69. The van der Waals surface area contributed by atoms with E-state index in [4.69, 9.17) is 21.1 Å². The maximum atomic E-state index is 6.17. The average Bonchev–Trinajstić information content (AvgIpc) is 3.20. The number of ether oxygens (including phenoxy) is 2. The molecule has 1 aliphatic rings. The van der Waals surface area contributed by atoms with Crippen LogP contribution in [0.5, 0.6) is 5.75 Å². The molecule has 1 atom stereocenters. The highest BCUT2D eigenvalue weighted by Gasteiger charge is 2.18. The zero-order valence-corrected chi connectivity index (χ0v) is 17.3. The molecule has 0 aliphatic carbocycles. The Balaban J connectivity index is 1.52. The second-order valence-electron chi connectivity index (χ2n) is 6.94. The maximum absolute atomic E-state index is 6.17. The fraction of sp³-hybridized carbons (Fsp3) is 0.409. The lowest BCUT2D eigenvalue weighted by Crippen LogP contribution is -2.38. The number of nitrogens with one attached hydrogen (secondary N) is 2. The van der Waals surface area contributed by atoms with E-state index in [0.29, 0.717) is 13.2 Å². The molecule has 0 spiro atoms. The lowest BCUT2D eigenvalue weighted by atomic mass is 10.1. The minimum absolute atomic E-state index is 0.136. The number of halogens is 1. The van der Waals surface area contributed by atoms with Crippen LogP contribution in [-0.4, -0.2) is 38.9 Å². The average molecular weight is 402 g/mol. The van der Waals surface area contributed by atoms with Gasteiger partial charge in [0.25, 0.3) is 0 Å². The summed E-state index contributed by atoms with van der Waals surface area (Å²) in [7, 11) is 1.78. The molecule has 150 valence electrons. The Bertz CT molecular complexity index is 787. The summed E-state index contributed by atoms with van der Waals surface area (Å²) in [5.41, 5.74) is 3.53. The van der Waals surface area contributed by atoms with Crippen LogP contribution in [0.25, 0.3) is 0 Å². The van der Waals surface area contributed by atoms with Crippen molar-refractivity contribution in [3.05, 3.63) is 64.2 Å². The summed E-state index contributed by atoms with van der Waals surface area (Å²) in [5.74, 6) is 1.68. The summed E-state index contributed by atoms with van der Waals surface area (Å²) < 4.78 is 11.6. The van der Waals surface area contributed by atoms with E-state index in [1.807, 2.05) is 24.3 Å². The fourth-order valence-electron chi connectivity index (χ4n) is 3.08. The molecule has 1 aliphatic heterocycles. The van der Waals surface area contributed by atoms with E-state index in [1.54, 1.807) is 7.05 Å². The number of hydrogen-bond donors (Lipinski definition) is 2. The molecule has 6 heteroatoms. The molecule has 0 amide bonds. The molecule has 5 nitrogen and oxygen atoms in total. The van der Waals surface area contributed by atoms with E-state index in [0.717, 1.165) is 48.3 Å². The van der Waals surface area contributed by atoms with E-state index in [-0.39, 0.29) is 6.10 Å². The Morgan fingerprint density at radius 3 is 2.75 bits per heavy atom. The van der Waals surface area contributed by atoms with Crippen molar-refractivity contribution in [2.75, 3.05) is 26.8 Å². The molecule has 0 saturated carbocycles. The molecule has 1 fully saturated rings. The highest BCUT2D eigenvalue weighted by Crippen LogP contribution is 2.23. The molecule has 2 aromatic carbocycles. The number of aryl methyl sites for hydroxylation is 1. The van der Waals surface area contributed by atoms with Crippen LogP contribution in [0, 0.1) is 6.92 Å². The standard InChI is InChI=1S/C22H28ClN3O2/c1-16-3-6-18(21(13-16)28-20-10-12-27-15-20)14-26-22(24-2)25-11-9-17-4-7-19(23)8-5-17/h3-8,13,20H,9-12,14-15H2,1-2H3,(H2,24,25,26). The highest BCUT2D eigenvalue weighted by atomic mass is 35.5. The largest absolute Gasteiger partial charge is 0.488 e. The normalized spacial score (nSPS) is 16.8. The summed E-state index contributed by atoms with van der Waals surface area (Å²) in [5, 5.41) is 7.48. The maximum Gasteiger partial charge on any atom is 0.191 e. The molecule has 1 saturated heterocycles. The number of benzene rings is 2. The lowest BCUT2D eigenvalue weighted by molar-refractivity contribution is 0.140. The Morgan fingerprint density at radius 2 is 2.04 bits per heavy atom. The number of hydrogen-bond acceptors (Lipinski definition) is 3. The third kappa shape index (κ3) is 6.14. The van der Waals surface area contributed by atoms with Gasteiger partial charge in [-0.2, -0.15) is 0 Å². The third-order valence-corrected chi connectivity index (χ3v) is 4.95. The van der Waals surface area contributed by atoms with Crippen molar-refractivity contribution in [3.63, 3.8) is 0 Å². The molecule has 28 heavy (non-hydrogen) atoms. The molecule has 0 radical (unpaired) electrons. The van der Waals surface area contributed by atoms with Gasteiger partial charge in [0.2, 0.25) is 0 Å². The van der Waals surface area contributed by atoms with Crippen molar-refractivity contribution in [3.8, 4) is 5.75 Å². The van der Waals surface area contributed by atoms with Crippen molar-refractivity contribution >= 4 is 17.6 Å². The Hall–Kier alpha value is -2.24. The van der Waals surface area contributed by atoms with Gasteiger partial charge in [-0.05, 0) is 42.7 Å². The highest BCUT2D eigenvalue weighted by molar-refractivity contribution is 6.30. The lowest BCUT2D eigenvalue weighted by Gasteiger charge is -2.18. The Morgan fingerprint density at radius 1 is 1.21 bits per heavy atom. The van der Waals surface area contributed by atoms with Crippen LogP contribution in [0.1, 0.15) is 23.1 Å². The predicted molar refractivity (Wildman–Crippen MR) is 114 cm³/mol. The molecular formula is C22H28ClN3O2. The van der Waals surface area contributed by atoms with E-state index in [9.17, 15) is 0 Å². The second kappa shape index (κ2) is 10.3. The minimum Gasteiger partial charge on any atom is -0.488 e. The van der Waals surface area contributed by atoms with Crippen LogP contribution in [0.15, 0.2) is 47.5 Å². The quantitative estimate of drug-likeness (QED) is 0.548. The molecule has 2 N–H and O–H groups in total. The number of aliphatic imine (C=N–C) groups is 1. The summed E-state index contributed by atoms with van der Waals surface area (Å²) in [6, 6.07) is 14.2. The van der Waals surface area contributed by atoms with E-state index in [1.165, 1.54) is 11.1 Å². The summed E-state index contributed by atoms with van der Waals surface area (Å²) in [4.78, 5) is 4.31. The Kier molecular flexibility index (Phi) is 7.57. The van der Waals surface area contributed by atoms with Gasteiger partial charge in [0.1, 0.15) is 11.9 Å². The first-order chi connectivity index (χ1) is 13.6. The molecule has 1 unspecified atom stereocenters. The molecule has 3 rings (SSSR count). The first kappa shape index (κ1) is 20.5. The number of guanidine groups is 1.